The molecule has 0 saturated carbocycles. The van der Waals surface area contributed by atoms with Crippen LogP contribution in [0.2, 0.25) is 0 Å². The Morgan fingerprint density at radius 3 is 2.57 bits per heavy atom. The van der Waals surface area contributed by atoms with Crippen molar-refractivity contribution in [3.05, 3.63) is 29.6 Å². The molecule has 0 unspecified atom stereocenters. The number of benzene rings is 1. The van der Waals surface area contributed by atoms with E-state index in [1.54, 1.807) is 15.9 Å². The normalized spacial score (nSPS) is 25.1. The number of carbonyl (C=O) groups excluding carboxylic acids is 2. The topological polar surface area (TPSA) is 52.7 Å². The molecule has 2 saturated heterocycles. The van der Waals surface area contributed by atoms with Crippen molar-refractivity contribution in [2.24, 2.45) is 0 Å². The van der Waals surface area contributed by atoms with Crippen molar-refractivity contribution in [1.82, 2.24) is 10.2 Å². The van der Waals surface area contributed by atoms with Crippen LogP contribution in [0.25, 0.3) is 0 Å². The minimum absolute atomic E-state index is 0.0272. The van der Waals surface area contributed by atoms with Gasteiger partial charge in [-0.15, -0.1) is 0 Å². The molecular weight excluding hydrogens is 297 g/mol. The van der Waals surface area contributed by atoms with Gasteiger partial charge in [0.25, 0.3) is 5.91 Å². The predicted octanol–water partition coefficient (Wildman–Crippen LogP) is 1.77. The number of hydrogen-bond acceptors (Lipinski definition) is 3. The molecular formula is C17H22FN3O2. The number of piperazine rings is 1. The predicted molar refractivity (Wildman–Crippen MR) is 86.0 cm³/mol. The smallest absolute Gasteiger partial charge is 0.257 e. The average molecular weight is 319 g/mol. The number of amides is 2. The van der Waals surface area contributed by atoms with Crippen LogP contribution >= 0.6 is 0 Å². The fraction of sp³-hybridized carbons (Fsp3) is 0.529. The molecule has 5 nitrogen and oxygen atoms in total. The van der Waals surface area contributed by atoms with Gasteiger partial charge in [0.2, 0.25) is 5.91 Å². The third kappa shape index (κ3) is 3.22. The number of hydrogen-bond donors (Lipinski definition) is 1. The van der Waals surface area contributed by atoms with Gasteiger partial charge in [-0.1, -0.05) is 0 Å². The molecule has 1 aromatic carbocycles. The molecule has 0 radical (unpaired) electrons. The molecule has 6 heteroatoms. The van der Waals surface area contributed by atoms with Crippen LogP contribution < -0.4 is 10.2 Å². The summed E-state index contributed by atoms with van der Waals surface area (Å²) in [5.41, 5.74) is 0.650. The van der Waals surface area contributed by atoms with Crippen molar-refractivity contribution in [3.8, 4) is 0 Å². The van der Waals surface area contributed by atoms with Crippen LogP contribution in [0.3, 0.4) is 0 Å². The summed E-state index contributed by atoms with van der Waals surface area (Å²) in [7, 11) is 0. The van der Waals surface area contributed by atoms with Crippen molar-refractivity contribution in [2.75, 3.05) is 24.5 Å². The maximum absolute atomic E-state index is 14.2. The molecule has 0 aliphatic carbocycles. The second-order valence-corrected chi connectivity index (χ2v) is 6.49. The maximum Gasteiger partial charge on any atom is 0.257 e. The Balaban J connectivity index is 1.86. The van der Waals surface area contributed by atoms with Gasteiger partial charge in [0, 0.05) is 43.8 Å². The van der Waals surface area contributed by atoms with Gasteiger partial charge in [0.05, 0.1) is 5.56 Å². The lowest BCUT2D eigenvalue weighted by atomic mass is 10.1. The lowest BCUT2D eigenvalue weighted by molar-refractivity contribution is -0.117. The Hall–Kier alpha value is -1.95. The summed E-state index contributed by atoms with van der Waals surface area (Å²) in [5.74, 6) is -0.820. The number of halogens is 1. The zero-order valence-corrected chi connectivity index (χ0v) is 13.5. The van der Waals surface area contributed by atoms with E-state index >= 15 is 0 Å². The van der Waals surface area contributed by atoms with Crippen LogP contribution in [0.1, 0.15) is 37.0 Å². The number of rotatable bonds is 2. The third-order valence-electron chi connectivity index (χ3n) is 4.41. The van der Waals surface area contributed by atoms with E-state index in [2.05, 4.69) is 5.32 Å². The van der Waals surface area contributed by atoms with Gasteiger partial charge in [-0.3, -0.25) is 9.59 Å². The third-order valence-corrected chi connectivity index (χ3v) is 4.41. The summed E-state index contributed by atoms with van der Waals surface area (Å²) in [6, 6.07) is 4.71. The monoisotopic (exact) mass is 319 g/mol. The van der Waals surface area contributed by atoms with E-state index < -0.39 is 5.82 Å². The fourth-order valence-corrected chi connectivity index (χ4v) is 3.43. The molecule has 2 fully saturated rings. The lowest BCUT2D eigenvalue weighted by Crippen LogP contribution is -2.55. The van der Waals surface area contributed by atoms with Crippen LogP contribution in [0.4, 0.5) is 10.1 Å². The van der Waals surface area contributed by atoms with Crippen LogP contribution in [0.15, 0.2) is 18.2 Å². The number of nitrogens with zero attached hydrogens (tertiary/aromatic N) is 2. The summed E-state index contributed by atoms with van der Waals surface area (Å²) in [6.45, 7) is 5.74. The van der Waals surface area contributed by atoms with Crippen molar-refractivity contribution < 1.29 is 14.0 Å². The molecule has 0 spiro atoms. The summed E-state index contributed by atoms with van der Waals surface area (Å²) in [4.78, 5) is 27.9. The first-order valence-electron chi connectivity index (χ1n) is 8.11. The highest BCUT2D eigenvalue weighted by atomic mass is 19.1. The van der Waals surface area contributed by atoms with Gasteiger partial charge in [0.15, 0.2) is 0 Å². The van der Waals surface area contributed by atoms with Crippen molar-refractivity contribution >= 4 is 17.5 Å². The lowest BCUT2D eigenvalue weighted by Gasteiger charge is -2.36. The molecule has 1 aromatic rings. The molecule has 0 aromatic heterocycles. The minimum atomic E-state index is -0.538. The summed E-state index contributed by atoms with van der Waals surface area (Å²) in [6.07, 6.45) is 1.31. The molecule has 124 valence electrons. The number of anilines is 1. The van der Waals surface area contributed by atoms with Gasteiger partial charge in [-0.05, 0) is 38.5 Å². The van der Waals surface area contributed by atoms with Crippen LogP contribution in [-0.2, 0) is 4.79 Å². The van der Waals surface area contributed by atoms with E-state index in [0.717, 1.165) is 6.42 Å². The zero-order chi connectivity index (χ0) is 16.6. The average Bonchev–Trinajstić information content (AvgIpc) is 2.92. The molecule has 2 heterocycles. The molecule has 2 aliphatic heterocycles. The van der Waals surface area contributed by atoms with Crippen LogP contribution in [0.5, 0.6) is 0 Å². The van der Waals surface area contributed by atoms with Gasteiger partial charge in [-0.2, -0.15) is 0 Å². The second kappa shape index (κ2) is 6.28. The van der Waals surface area contributed by atoms with Crippen molar-refractivity contribution in [1.29, 1.82) is 0 Å². The maximum atomic E-state index is 14.2. The Kier molecular flexibility index (Phi) is 4.35. The molecule has 2 atom stereocenters. The zero-order valence-electron chi connectivity index (χ0n) is 13.5. The van der Waals surface area contributed by atoms with E-state index in [-0.39, 0.29) is 29.5 Å². The van der Waals surface area contributed by atoms with E-state index in [9.17, 15) is 14.0 Å². The Morgan fingerprint density at radius 1 is 1.26 bits per heavy atom. The highest BCUT2D eigenvalue weighted by Gasteiger charge is 2.28. The quantitative estimate of drug-likeness (QED) is 0.904. The number of nitrogens with one attached hydrogen (secondary N) is 1. The molecule has 23 heavy (non-hydrogen) atoms. The molecule has 1 N–H and O–H groups in total. The first-order chi connectivity index (χ1) is 11.0. The standard InChI is InChI=1S/C17H22FN3O2/c1-11-9-20(10-12(2)19-11)17(23)14-8-13(5-6-15(14)18)21-7-3-4-16(21)22/h5-6,8,11-12,19H,3-4,7,9-10H2,1-2H3/t11-,12+. The Bertz CT molecular complexity index is 624. The highest BCUT2D eigenvalue weighted by molar-refractivity contribution is 5.99. The molecule has 3 rings (SSSR count). The summed E-state index contributed by atoms with van der Waals surface area (Å²) < 4.78 is 14.2. The van der Waals surface area contributed by atoms with Crippen LogP contribution in [0, 0.1) is 5.82 Å². The summed E-state index contributed by atoms with van der Waals surface area (Å²) in [5, 5.41) is 3.35. The van der Waals surface area contributed by atoms with E-state index in [1.165, 1.54) is 12.1 Å². The van der Waals surface area contributed by atoms with Gasteiger partial charge >= 0.3 is 0 Å². The van der Waals surface area contributed by atoms with E-state index in [4.69, 9.17) is 0 Å². The second-order valence-electron chi connectivity index (χ2n) is 6.49. The van der Waals surface area contributed by atoms with Gasteiger partial charge in [0.1, 0.15) is 5.82 Å². The molecule has 2 amide bonds. The van der Waals surface area contributed by atoms with Gasteiger partial charge < -0.3 is 15.1 Å². The van der Waals surface area contributed by atoms with Crippen LogP contribution in [-0.4, -0.2) is 48.4 Å². The molecule has 2 aliphatic rings. The SMILES string of the molecule is C[C@@H]1CN(C(=O)c2cc(N3CCCC3=O)ccc2F)C[C@H](C)N1. The Labute approximate surface area is 135 Å². The van der Waals surface area contributed by atoms with Crippen molar-refractivity contribution in [3.63, 3.8) is 0 Å². The first-order valence-corrected chi connectivity index (χ1v) is 8.11. The van der Waals surface area contributed by atoms with Crippen molar-refractivity contribution in [2.45, 2.75) is 38.8 Å². The minimum Gasteiger partial charge on any atom is -0.335 e. The fourth-order valence-electron chi connectivity index (χ4n) is 3.43. The summed E-state index contributed by atoms with van der Waals surface area (Å²) >= 11 is 0. The van der Waals surface area contributed by atoms with E-state index in [0.29, 0.717) is 31.7 Å². The number of carbonyl (C=O) groups is 2. The van der Waals surface area contributed by atoms with E-state index in [1.807, 2.05) is 13.8 Å². The Morgan fingerprint density at radius 2 is 1.96 bits per heavy atom. The largest absolute Gasteiger partial charge is 0.335 e. The van der Waals surface area contributed by atoms with Gasteiger partial charge in [-0.25, -0.2) is 4.39 Å². The first kappa shape index (κ1) is 15.9. The molecule has 0 bridgehead atoms. The highest BCUT2D eigenvalue weighted by Crippen LogP contribution is 2.25.